The molecule has 1 N–H and O–H groups in total. The van der Waals surface area contributed by atoms with Crippen molar-refractivity contribution in [3.63, 3.8) is 0 Å². The van der Waals surface area contributed by atoms with E-state index in [4.69, 9.17) is 0 Å². The second-order valence-electron chi connectivity index (χ2n) is 5.86. The first-order valence-corrected chi connectivity index (χ1v) is 7.72. The highest BCUT2D eigenvalue weighted by Crippen LogP contribution is 2.31. The molecule has 0 bridgehead atoms. The van der Waals surface area contributed by atoms with Gasteiger partial charge in [0.1, 0.15) is 0 Å². The SMILES string of the molecule is CC1CC(c2ccccc2)CN1C(=O)NCc1cccnc1. The highest BCUT2D eigenvalue weighted by molar-refractivity contribution is 5.75. The first-order chi connectivity index (χ1) is 10.7. The van der Waals surface area contributed by atoms with Gasteiger partial charge < -0.3 is 10.2 Å². The number of urea groups is 1. The van der Waals surface area contributed by atoms with Gasteiger partial charge in [-0.3, -0.25) is 4.98 Å². The lowest BCUT2D eigenvalue weighted by atomic mass is 9.97. The Bertz CT molecular complexity index is 615. The second kappa shape index (κ2) is 6.60. The Morgan fingerprint density at radius 3 is 2.82 bits per heavy atom. The van der Waals surface area contributed by atoms with Crippen molar-refractivity contribution in [1.29, 1.82) is 0 Å². The van der Waals surface area contributed by atoms with Crippen LogP contribution in [0.25, 0.3) is 0 Å². The minimum atomic E-state index is 0.00906. The number of carbonyl (C=O) groups excluding carboxylic acids is 1. The summed E-state index contributed by atoms with van der Waals surface area (Å²) in [5, 5.41) is 2.99. The number of benzene rings is 1. The van der Waals surface area contributed by atoms with Gasteiger partial charge in [-0.15, -0.1) is 0 Å². The summed E-state index contributed by atoms with van der Waals surface area (Å²) in [5.74, 6) is 0.431. The number of likely N-dealkylation sites (tertiary alicyclic amines) is 1. The van der Waals surface area contributed by atoms with Crippen LogP contribution in [-0.4, -0.2) is 28.5 Å². The minimum absolute atomic E-state index is 0.00906. The van der Waals surface area contributed by atoms with E-state index in [9.17, 15) is 4.79 Å². The van der Waals surface area contributed by atoms with E-state index in [1.165, 1.54) is 5.56 Å². The largest absolute Gasteiger partial charge is 0.334 e. The molecule has 2 aromatic rings. The molecule has 22 heavy (non-hydrogen) atoms. The van der Waals surface area contributed by atoms with Crippen LogP contribution in [0.3, 0.4) is 0 Å². The van der Waals surface area contributed by atoms with Crippen molar-refractivity contribution in [2.24, 2.45) is 0 Å². The maximum Gasteiger partial charge on any atom is 0.317 e. The molecule has 0 saturated carbocycles. The topological polar surface area (TPSA) is 45.2 Å². The summed E-state index contributed by atoms with van der Waals surface area (Å²) in [5.41, 5.74) is 2.33. The molecule has 114 valence electrons. The third-order valence-electron chi connectivity index (χ3n) is 4.27. The van der Waals surface area contributed by atoms with E-state index in [1.807, 2.05) is 23.1 Å². The summed E-state index contributed by atoms with van der Waals surface area (Å²) in [7, 11) is 0. The van der Waals surface area contributed by atoms with Gasteiger partial charge in [0.2, 0.25) is 0 Å². The van der Waals surface area contributed by atoms with Crippen molar-refractivity contribution in [1.82, 2.24) is 15.2 Å². The molecule has 1 aromatic heterocycles. The number of rotatable bonds is 3. The second-order valence-corrected chi connectivity index (χ2v) is 5.86. The van der Waals surface area contributed by atoms with E-state index >= 15 is 0 Å². The summed E-state index contributed by atoms with van der Waals surface area (Å²) in [6.45, 7) is 3.42. The normalized spacial score (nSPS) is 20.9. The number of nitrogens with zero attached hydrogens (tertiary/aromatic N) is 2. The molecule has 2 heterocycles. The van der Waals surface area contributed by atoms with Gasteiger partial charge in [-0.25, -0.2) is 4.79 Å². The average Bonchev–Trinajstić information content (AvgIpc) is 2.96. The predicted molar refractivity (Wildman–Crippen MR) is 86.4 cm³/mol. The third-order valence-corrected chi connectivity index (χ3v) is 4.27. The Labute approximate surface area is 131 Å². The summed E-state index contributed by atoms with van der Waals surface area (Å²) in [4.78, 5) is 18.4. The fourth-order valence-electron chi connectivity index (χ4n) is 3.06. The van der Waals surface area contributed by atoms with Crippen LogP contribution >= 0.6 is 0 Å². The zero-order chi connectivity index (χ0) is 15.4. The van der Waals surface area contributed by atoms with Crippen LogP contribution < -0.4 is 5.32 Å². The molecule has 1 aromatic carbocycles. The molecule has 1 saturated heterocycles. The van der Waals surface area contributed by atoms with Crippen LogP contribution in [-0.2, 0) is 6.54 Å². The number of amides is 2. The molecular formula is C18H21N3O. The average molecular weight is 295 g/mol. The van der Waals surface area contributed by atoms with Crippen molar-refractivity contribution in [3.05, 3.63) is 66.0 Å². The smallest absolute Gasteiger partial charge is 0.317 e. The molecule has 3 rings (SSSR count). The van der Waals surface area contributed by atoms with Crippen LogP contribution in [0.5, 0.6) is 0 Å². The van der Waals surface area contributed by atoms with Crippen molar-refractivity contribution in [3.8, 4) is 0 Å². The lowest BCUT2D eigenvalue weighted by Crippen LogP contribution is -2.41. The summed E-state index contributed by atoms with van der Waals surface area (Å²) >= 11 is 0. The molecule has 4 nitrogen and oxygen atoms in total. The van der Waals surface area contributed by atoms with Gasteiger partial charge in [0.05, 0.1) is 0 Å². The van der Waals surface area contributed by atoms with Crippen molar-refractivity contribution >= 4 is 6.03 Å². The predicted octanol–water partition coefficient (Wildman–Crippen LogP) is 3.17. The summed E-state index contributed by atoms with van der Waals surface area (Å²) in [6, 6.07) is 14.6. The van der Waals surface area contributed by atoms with Crippen LogP contribution in [0, 0.1) is 0 Å². The van der Waals surface area contributed by atoms with Crippen molar-refractivity contribution in [2.75, 3.05) is 6.54 Å². The molecule has 1 fully saturated rings. The van der Waals surface area contributed by atoms with Crippen LogP contribution in [0.1, 0.15) is 30.4 Å². The molecule has 2 unspecified atom stereocenters. The van der Waals surface area contributed by atoms with E-state index in [0.717, 1.165) is 18.5 Å². The van der Waals surface area contributed by atoms with E-state index in [-0.39, 0.29) is 12.1 Å². The number of aromatic nitrogens is 1. The monoisotopic (exact) mass is 295 g/mol. The minimum Gasteiger partial charge on any atom is -0.334 e. The Balaban J connectivity index is 1.59. The maximum atomic E-state index is 12.4. The molecule has 1 aliphatic heterocycles. The molecule has 2 amide bonds. The third kappa shape index (κ3) is 3.27. The Morgan fingerprint density at radius 1 is 1.27 bits per heavy atom. The van der Waals surface area contributed by atoms with E-state index in [1.54, 1.807) is 12.4 Å². The van der Waals surface area contributed by atoms with Gasteiger partial charge in [-0.2, -0.15) is 0 Å². The molecule has 0 radical (unpaired) electrons. The zero-order valence-corrected chi connectivity index (χ0v) is 12.8. The first-order valence-electron chi connectivity index (χ1n) is 7.72. The van der Waals surface area contributed by atoms with Gasteiger partial charge in [0.25, 0.3) is 0 Å². The lowest BCUT2D eigenvalue weighted by Gasteiger charge is -2.22. The van der Waals surface area contributed by atoms with Gasteiger partial charge in [0.15, 0.2) is 0 Å². The molecule has 0 spiro atoms. The van der Waals surface area contributed by atoms with Crippen molar-refractivity contribution in [2.45, 2.75) is 31.8 Å². The zero-order valence-electron chi connectivity index (χ0n) is 12.8. The van der Waals surface area contributed by atoms with Gasteiger partial charge >= 0.3 is 6.03 Å². The molecular weight excluding hydrogens is 274 g/mol. The molecule has 1 aliphatic rings. The standard InChI is InChI=1S/C18H21N3O/c1-14-10-17(16-7-3-2-4-8-16)13-21(14)18(22)20-12-15-6-5-9-19-11-15/h2-9,11,14,17H,10,12-13H2,1H3,(H,20,22). The van der Waals surface area contributed by atoms with E-state index < -0.39 is 0 Å². The fourth-order valence-corrected chi connectivity index (χ4v) is 3.06. The highest BCUT2D eigenvalue weighted by atomic mass is 16.2. The van der Waals surface area contributed by atoms with E-state index in [2.05, 4.69) is 41.5 Å². The van der Waals surface area contributed by atoms with Crippen LogP contribution in [0.15, 0.2) is 54.9 Å². The Kier molecular flexibility index (Phi) is 4.37. The van der Waals surface area contributed by atoms with Gasteiger partial charge in [-0.1, -0.05) is 36.4 Å². The number of hydrogen-bond acceptors (Lipinski definition) is 2. The number of pyridine rings is 1. The first kappa shape index (κ1) is 14.6. The van der Waals surface area contributed by atoms with Gasteiger partial charge in [0, 0.05) is 37.4 Å². The Morgan fingerprint density at radius 2 is 2.09 bits per heavy atom. The Hall–Kier alpha value is -2.36. The van der Waals surface area contributed by atoms with Crippen molar-refractivity contribution < 1.29 is 4.79 Å². The fraction of sp³-hybridized carbons (Fsp3) is 0.333. The summed E-state index contributed by atoms with van der Waals surface area (Å²) in [6.07, 6.45) is 4.53. The van der Waals surface area contributed by atoms with Gasteiger partial charge in [-0.05, 0) is 30.5 Å². The van der Waals surface area contributed by atoms with Crippen LogP contribution in [0.2, 0.25) is 0 Å². The molecule has 4 heteroatoms. The van der Waals surface area contributed by atoms with E-state index in [0.29, 0.717) is 12.5 Å². The van der Waals surface area contributed by atoms with Crippen LogP contribution in [0.4, 0.5) is 4.79 Å². The number of carbonyl (C=O) groups is 1. The quantitative estimate of drug-likeness (QED) is 0.945. The summed E-state index contributed by atoms with van der Waals surface area (Å²) < 4.78 is 0. The molecule has 0 aliphatic carbocycles. The highest BCUT2D eigenvalue weighted by Gasteiger charge is 2.32. The maximum absolute atomic E-state index is 12.4. The molecule has 2 atom stereocenters. The number of hydrogen-bond donors (Lipinski definition) is 1. The number of nitrogens with one attached hydrogen (secondary N) is 1. The lowest BCUT2D eigenvalue weighted by molar-refractivity contribution is 0.195.